The van der Waals surface area contributed by atoms with Crippen LogP contribution in [0.15, 0.2) is 24.3 Å². The molecule has 1 aliphatic heterocycles. The first-order valence-electron chi connectivity index (χ1n) is 6.14. The van der Waals surface area contributed by atoms with Gasteiger partial charge in [0.05, 0.1) is 0 Å². The number of likely N-dealkylation sites (tertiary alicyclic amines) is 1. The lowest BCUT2D eigenvalue weighted by Gasteiger charge is -2.38. The fourth-order valence-corrected chi connectivity index (χ4v) is 2.31. The molecule has 0 aliphatic carbocycles. The molecule has 1 aliphatic rings. The molecular weight excluding hydrogens is 196 g/mol. The zero-order valence-electron chi connectivity index (χ0n) is 10.4. The van der Waals surface area contributed by atoms with Crippen LogP contribution in [0.1, 0.15) is 31.4 Å². The third-order valence-corrected chi connectivity index (χ3v) is 3.51. The van der Waals surface area contributed by atoms with Crippen LogP contribution in [0.4, 0.5) is 0 Å². The molecule has 0 radical (unpaired) electrons. The third-order valence-electron chi connectivity index (χ3n) is 3.51. The molecule has 2 rings (SSSR count). The predicted molar refractivity (Wildman–Crippen MR) is 68.4 cm³/mol. The van der Waals surface area contributed by atoms with Crippen molar-refractivity contribution < 1.29 is 0 Å². The quantitative estimate of drug-likeness (QED) is 0.839. The van der Waals surface area contributed by atoms with Gasteiger partial charge in [-0.3, -0.25) is 0 Å². The standard InChI is InChI=1S/C14H22N2/c1-14(2,11-16-7-4-8-16)13-6-3-5-12(9-13)10-15/h3,5-6,9H,4,7-8,10-11,15H2,1-2H3. The van der Waals surface area contributed by atoms with Crippen LogP contribution < -0.4 is 5.73 Å². The van der Waals surface area contributed by atoms with Crippen molar-refractivity contribution in [3.8, 4) is 0 Å². The van der Waals surface area contributed by atoms with Crippen molar-refractivity contribution in [2.75, 3.05) is 19.6 Å². The lowest BCUT2D eigenvalue weighted by molar-refractivity contribution is 0.147. The average Bonchev–Trinajstić information content (AvgIpc) is 2.24. The number of nitrogens with two attached hydrogens (primary N) is 1. The van der Waals surface area contributed by atoms with E-state index in [2.05, 4.69) is 43.0 Å². The Balaban J connectivity index is 2.13. The molecule has 16 heavy (non-hydrogen) atoms. The molecule has 1 fully saturated rings. The molecule has 0 unspecified atom stereocenters. The normalized spacial score (nSPS) is 17.2. The van der Waals surface area contributed by atoms with Gasteiger partial charge in [-0.15, -0.1) is 0 Å². The molecule has 2 N–H and O–H groups in total. The zero-order valence-corrected chi connectivity index (χ0v) is 10.4. The Morgan fingerprint density at radius 3 is 2.62 bits per heavy atom. The van der Waals surface area contributed by atoms with E-state index in [0.29, 0.717) is 6.54 Å². The molecule has 1 aromatic carbocycles. The molecule has 0 aromatic heterocycles. The second-order valence-corrected chi connectivity index (χ2v) is 5.42. The summed E-state index contributed by atoms with van der Waals surface area (Å²) < 4.78 is 0. The summed E-state index contributed by atoms with van der Waals surface area (Å²) in [4.78, 5) is 2.52. The maximum atomic E-state index is 5.69. The molecule has 0 saturated carbocycles. The van der Waals surface area contributed by atoms with Crippen molar-refractivity contribution in [3.63, 3.8) is 0 Å². The van der Waals surface area contributed by atoms with Crippen molar-refractivity contribution in [2.45, 2.75) is 32.2 Å². The van der Waals surface area contributed by atoms with Gasteiger partial charge in [0.15, 0.2) is 0 Å². The summed E-state index contributed by atoms with van der Waals surface area (Å²) >= 11 is 0. The van der Waals surface area contributed by atoms with Gasteiger partial charge in [-0.05, 0) is 30.6 Å². The van der Waals surface area contributed by atoms with Crippen LogP contribution >= 0.6 is 0 Å². The van der Waals surface area contributed by atoms with E-state index in [4.69, 9.17) is 5.73 Å². The molecule has 1 saturated heterocycles. The van der Waals surface area contributed by atoms with E-state index < -0.39 is 0 Å². The minimum Gasteiger partial charge on any atom is -0.326 e. The van der Waals surface area contributed by atoms with Crippen LogP contribution in [0.2, 0.25) is 0 Å². The maximum absolute atomic E-state index is 5.69. The average molecular weight is 218 g/mol. The van der Waals surface area contributed by atoms with Crippen molar-refractivity contribution in [1.82, 2.24) is 4.90 Å². The molecular formula is C14H22N2. The molecule has 2 heteroatoms. The molecule has 2 nitrogen and oxygen atoms in total. The van der Waals surface area contributed by atoms with Crippen molar-refractivity contribution in [2.24, 2.45) is 5.73 Å². The summed E-state index contributed by atoms with van der Waals surface area (Å²) in [6, 6.07) is 8.69. The summed E-state index contributed by atoms with van der Waals surface area (Å²) in [5, 5.41) is 0. The van der Waals surface area contributed by atoms with Gasteiger partial charge in [-0.25, -0.2) is 0 Å². The van der Waals surface area contributed by atoms with Crippen molar-refractivity contribution in [3.05, 3.63) is 35.4 Å². The van der Waals surface area contributed by atoms with Crippen LogP contribution in [-0.4, -0.2) is 24.5 Å². The minimum atomic E-state index is 0.228. The first kappa shape index (κ1) is 11.6. The lowest BCUT2D eigenvalue weighted by atomic mass is 9.82. The van der Waals surface area contributed by atoms with Gasteiger partial charge in [0.25, 0.3) is 0 Å². The lowest BCUT2D eigenvalue weighted by Crippen LogP contribution is -2.44. The van der Waals surface area contributed by atoms with Gasteiger partial charge in [0.2, 0.25) is 0 Å². The molecule has 1 aromatic rings. The van der Waals surface area contributed by atoms with E-state index in [-0.39, 0.29) is 5.41 Å². The summed E-state index contributed by atoms with van der Waals surface area (Å²) in [6.07, 6.45) is 1.36. The topological polar surface area (TPSA) is 29.3 Å². The molecule has 0 amide bonds. The number of hydrogen-bond acceptors (Lipinski definition) is 2. The van der Waals surface area contributed by atoms with E-state index in [1.165, 1.54) is 30.6 Å². The SMILES string of the molecule is CC(C)(CN1CCC1)c1cccc(CN)c1. The Labute approximate surface area is 98.4 Å². The number of hydrogen-bond donors (Lipinski definition) is 1. The Hall–Kier alpha value is -0.860. The van der Waals surface area contributed by atoms with Crippen LogP contribution in [0, 0.1) is 0 Å². The number of benzene rings is 1. The highest BCUT2D eigenvalue weighted by molar-refractivity contribution is 5.29. The molecule has 88 valence electrons. The van der Waals surface area contributed by atoms with E-state index >= 15 is 0 Å². The zero-order chi connectivity index (χ0) is 11.6. The maximum Gasteiger partial charge on any atom is 0.0178 e. The summed E-state index contributed by atoms with van der Waals surface area (Å²) in [7, 11) is 0. The Bertz CT molecular complexity index is 354. The molecule has 0 bridgehead atoms. The Morgan fingerprint density at radius 2 is 2.06 bits per heavy atom. The van der Waals surface area contributed by atoms with Gasteiger partial charge in [0.1, 0.15) is 0 Å². The Morgan fingerprint density at radius 1 is 1.31 bits per heavy atom. The van der Waals surface area contributed by atoms with E-state index in [1.807, 2.05) is 0 Å². The monoisotopic (exact) mass is 218 g/mol. The summed E-state index contributed by atoms with van der Waals surface area (Å²) in [6.45, 7) is 8.95. The van der Waals surface area contributed by atoms with Crippen LogP contribution in [0.3, 0.4) is 0 Å². The van der Waals surface area contributed by atoms with E-state index in [0.717, 1.165) is 6.54 Å². The largest absolute Gasteiger partial charge is 0.326 e. The van der Waals surface area contributed by atoms with E-state index in [1.54, 1.807) is 0 Å². The van der Waals surface area contributed by atoms with Gasteiger partial charge in [-0.1, -0.05) is 38.1 Å². The minimum absolute atomic E-state index is 0.228. The van der Waals surface area contributed by atoms with Gasteiger partial charge < -0.3 is 10.6 Å². The third kappa shape index (κ3) is 2.45. The first-order valence-corrected chi connectivity index (χ1v) is 6.14. The molecule has 1 heterocycles. The fourth-order valence-electron chi connectivity index (χ4n) is 2.31. The highest BCUT2D eigenvalue weighted by atomic mass is 15.2. The summed E-state index contributed by atoms with van der Waals surface area (Å²) in [5.41, 5.74) is 8.55. The summed E-state index contributed by atoms with van der Waals surface area (Å²) in [5.74, 6) is 0. The Kier molecular flexibility index (Phi) is 3.31. The van der Waals surface area contributed by atoms with Crippen LogP contribution in [0.25, 0.3) is 0 Å². The molecule has 0 atom stereocenters. The van der Waals surface area contributed by atoms with E-state index in [9.17, 15) is 0 Å². The number of rotatable bonds is 4. The van der Waals surface area contributed by atoms with Gasteiger partial charge in [0, 0.05) is 18.5 Å². The molecule has 0 spiro atoms. The van der Waals surface area contributed by atoms with Gasteiger partial charge in [-0.2, -0.15) is 0 Å². The second kappa shape index (κ2) is 4.56. The second-order valence-electron chi connectivity index (χ2n) is 5.42. The first-order chi connectivity index (χ1) is 7.62. The van der Waals surface area contributed by atoms with Crippen LogP contribution in [-0.2, 0) is 12.0 Å². The van der Waals surface area contributed by atoms with Crippen molar-refractivity contribution >= 4 is 0 Å². The highest BCUT2D eigenvalue weighted by Gasteiger charge is 2.26. The van der Waals surface area contributed by atoms with Crippen LogP contribution in [0.5, 0.6) is 0 Å². The fraction of sp³-hybridized carbons (Fsp3) is 0.571. The smallest absolute Gasteiger partial charge is 0.0178 e. The van der Waals surface area contributed by atoms with Crippen molar-refractivity contribution in [1.29, 1.82) is 0 Å². The predicted octanol–water partition coefficient (Wildman–Crippen LogP) is 2.13. The number of nitrogens with zero attached hydrogens (tertiary/aromatic N) is 1. The highest BCUT2D eigenvalue weighted by Crippen LogP contribution is 2.26. The van der Waals surface area contributed by atoms with Gasteiger partial charge >= 0.3 is 0 Å².